The second-order valence-electron chi connectivity index (χ2n) is 14.4. The van der Waals surface area contributed by atoms with Crippen LogP contribution in [-0.2, 0) is 5.41 Å². The molecular weight excluding hydrogens is 621 g/mol. The van der Waals surface area contributed by atoms with Crippen LogP contribution in [0.3, 0.4) is 0 Å². The third-order valence-electron chi connectivity index (χ3n) is 11.4. The quantitative estimate of drug-likeness (QED) is 0.129. The lowest BCUT2D eigenvalue weighted by Gasteiger charge is -2.24. The standard InChI is InChI=1S/C49H32S/c1-49(2)42-25-23-29(28-41(42)47-34-16-5-3-13-31(34)32-14-4-10-21-39(32)48(47)49)45-35-17-6-8-19-37(35)46(38-20-9-7-18-36(38)45)30-24-26-44-40(27-30)33-15-11-12-22-43(33)50-44/h3-28H,1-2H3. The average molecular weight is 653 g/mol. The molecular formula is C49H32S. The first-order valence-electron chi connectivity index (χ1n) is 17.5. The third-order valence-corrected chi connectivity index (χ3v) is 12.6. The molecule has 50 heavy (non-hydrogen) atoms. The van der Waals surface area contributed by atoms with Crippen molar-refractivity contribution in [3.8, 4) is 33.4 Å². The summed E-state index contributed by atoms with van der Waals surface area (Å²) in [4.78, 5) is 0. The highest BCUT2D eigenvalue weighted by Crippen LogP contribution is 2.56. The van der Waals surface area contributed by atoms with Gasteiger partial charge in [-0.2, -0.15) is 0 Å². The van der Waals surface area contributed by atoms with E-state index in [1.54, 1.807) is 0 Å². The van der Waals surface area contributed by atoms with Crippen LogP contribution in [0.1, 0.15) is 25.0 Å². The van der Waals surface area contributed by atoms with Gasteiger partial charge in [0, 0.05) is 25.6 Å². The second-order valence-corrected chi connectivity index (χ2v) is 15.5. The molecule has 1 heteroatoms. The van der Waals surface area contributed by atoms with E-state index >= 15 is 0 Å². The molecule has 0 bridgehead atoms. The zero-order valence-electron chi connectivity index (χ0n) is 27.9. The minimum Gasteiger partial charge on any atom is -0.135 e. The van der Waals surface area contributed by atoms with Gasteiger partial charge in [-0.15, -0.1) is 11.3 Å². The van der Waals surface area contributed by atoms with Crippen molar-refractivity contribution in [3.63, 3.8) is 0 Å². The van der Waals surface area contributed by atoms with E-state index < -0.39 is 0 Å². The third kappa shape index (κ3) is 3.71. The van der Waals surface area contributed by atoms with Crippen molar-refractivity contribution in [2.24, 2.45) is 0 Å². The second kappa shape index (κ2) is 10.1. The van der Waals surface area contributed by atoms with Gasteiger partial charge in [-0.1, -0.05) is 147 Å². The van der Waals surface area contributed by atoms with Gasteiger partial charge in [0.15, 0.2) is 0 Å². The van der Waals surface area contributed by atoms with Gasteiger partial charge >= 0.3 is 0 Å². The number of rotatable bonds is 2. The Morgan fingerprint density at radius 3 is 1.42 bits per heavy atom. The van der Waals surface area contributed by atoms with Crippen LogP contribution in [0.4, 0.5) is 0 Å². The van der Waals surface area contributed by atoms with Crippen LogP contribution in [0.15, 0.2) is 158 Å². The molecule has 0 saturated carbocycles. The maximum Gasteiger partial charge on any atom is 0.0355 e. The summed E-state index contributed by atoms with van der Waals surface area (Å²) < 4.78 is 2.67. The predicted molar refractivity (Wildman–Crippen MR) is 218 cm³/mol. The van der Waals surface area contributed by atoms with Gasteiger partial charge < -0.3 is 0 Å². The molecule has 1 aromatic heterocycles. The smallest absolute Gasteiger partial charge is 0.0355 e. The number of benzene rings is 9. The molecule has 10 aromatic rings. The van der Waals surface area contributed by atoms with Crippen LogP contribution >= 0.6 is 11.3 Å². The Bertz CT molecular complexity index is 3010. The number of thiophene rings is 1. The average Bonchev–Trinajstić information content (AvgIpc) is 3.65. The molecule has 0 aliphatic heterocycles. The molecule has 1 aliphatic carbocycles. The summed E-state index contributed by atoms with van der Waals surface area (Å²) in [5.41, 5.74) is 10.6. The van der Waals surface area contributed by atoms with Crippen molar-refractivity contribution in [1.82, 2.24) is 0 Å². The largest absolute Gasteiger partial charge is 0.135 e. The van der Waals surface area contributed by atoms with E-state index in [1.165, 1.54) is 108 Å². The SMILES string of the molecule is CC1(C)c2ccc(-c3c4ccccc4c(-c4ccc5sc6ccccc6c5c4)c4ccccc34)cc2-c2c1c1ccccc1c1ccccc21. The van der Waals surface area contributed by atoms with Gasteiger partial charge in [0.2, 0.25) is 0 Å². The highest BCUT2D eigenvalue weighted by atomic mass is 32.1. The molecule has 0 N–H and O–H groups in total. The first-order chi connectivity index (χ1) is 24.6. The van der Waals surface area contributed by atoms with Gasteiger partial charge in [0.05, 0.1) is 0 Å². The normalized spacial score (nSPS) is 13.6. The zero-order valence-corrected chi connectivity index (χ0v) is 28.7. The molecule has 0 nitrogen and oxygen atoms in total. The monoisotopic (exact) mass is 652 g/mol. The van der Waals surface area contributed by atoms with E-state index in [4.69, 9.17) is 0 Å². The Labute approximate surface area is 294 Å². The molecule has 1 aliphatic rings. The lowest BCUT2D eigenvalue weighted by Crippen LogP contribution is -2.15. The lowest BCUT2D eigenvalue weighted by molar-refractivity contribution is 0.666. The summed E-state index contributed by atoms with van der Waals surface area (Å²) in [6.45, 7) is 4.82. The molecule has 0 atom stereocenters. The molecule has 0 radical (unpaired) electrons. The van der Waals surface area contributed by atoms with E-state index in [9.17, 15) is 0 Å². The Morgan fingerprint density at radius 1 is 0.360 bits per heavy atom. The Balaban J connectivity index is 1.21. The van der Waals surface area contributed by atoms with Crippen LogP contribution in [0.25, 0.3) is 96.6 Å². The van der Waals surface area contributed by atoms with Crippen LogP contribution in [0.2, 0.25) is 0 Å². The van der Waals surface area contributed by atoms with Crippen LogP contribution in [0.5, 0.6) is 0 Å². The summed E-state index contributed by atoms with van der Waals surface area (Å²) >= 11 is 1.88. The van der Waals surface area contributed by atoms with Gasteiger partial charge in [-0.25, -0.2) is 0 Å². The van der Waals surface area contributed by atoms with Gasteiger partial charge in [0.1, 0.15) is 0 Å². The van der Waals surface area contributed by atoms with Crippen molar-refractivity contribution >= 4 is 74.6 Å². The van der Waals surface area contributed by atoms with Crippen LogP contribution in [-0.4, -0.2) is 0 Å². The minimum absolute atomic E-state index is 0.120. The molecule has 0 spiro atoms. The molecule has 9 aromatic carbocycles. The fourth-order valence-electron chi connectivity index (χ4n) is 9.29. The summed E-state index contributed by atoms with van der Waals surface area (Å²) in [6.07, 6.45) is 0. The summed E-state index contributed by atoms with van der Waals surface area (Å²) in [7, 11) is 0. The summed E-state index contributed by atoms with van der Waals surface area (Å²) in [5, 5.41) is 13.2. The molecule has 0 saturated heterocycles. The van der Waals surface area contributed by atoms with Gasteiger partial charge in [0.25, 0.3) is 0 Å². The first-order valence-corrected chi connectivity index (χ1v) is 18.3. The zero-order chi connectivity index (χ0) is 33.1. The number of hydrogen-bond donors (Lipinski definition) is 0. The van der Waals surface area contributed by atoms with E-state index in [0.29, 0.717) is 0 Å². The van der Waals surface area contributed by atoms with E-state index in [2.05, 4.69) is 172 Å². The molecule has 0 amide bonds. The van der Waals surface area contributed by atoms with E-state index in [0.717, 1.165) is 0 Å². The highest BCUT2D eigenvalue weighted by Gasteiger charge is 2.38. The lowest BCUT2D eigenvalue weighted by atomic mass is 9.79. The van der Waals surface area contributed by atoms with Crippen LogP contribution < -0.4 is 0 Å². The fourth-order valence-corrected chi connectivity index (χ4v) is 10.4. The first kappa shape index (κ1) is 28.1. The molecule has 0 fully saturated rings. The van der Waals surface area contributed by atoms with E-state index in [1.807, 2.05) is 11.3 Å². The van der Waals surface area contributed by atoms with Gasteiger partial charge in [-0.05, 0) is 112 Å². The molecule has 1 heterocycles. The Hall–Kier alpha value is -5.76. The number of hydrogen-bond acceptors (Lipinski definition) is 1. The minimum atomic E-state index is -0.120. The summed E-state index contributed by atoms with van der Waals surface area (Å²) in [5.74, 6) is 0. The molecule has 234 valence electrons. The molecule has 11 rings (SSSR count). The fraction of sp³-hybridized carbons (Fsp3) is 0.0612. The Kier molecular flexibility index (Phi) is 5.70. The highest BCUT2D eigenvalue weighted by molar-refractivity contribution is 7.25. The van der Waals surface area contributed by atoms with E-state index in [-0.39, 0.29) is 5.41 Å². The van der Waals surface area contributed by atoms with Crippen molar-refractivity contribution < 1.29 is 0 Å². The van der Waals surface area contributed by atoms with Crippen molar-refractivity contribution in [2.75, 3.05) is 0 Å². The maximum atomic E-state index is 2.50. The summed E-state index contributed by atoms with van der Waals surface area (Å²) in [6, 6.07) is 59.2. The van der Waals surface area contributed by atoms with Crippen molar-refractivity contribution in [2.45, 2.75) is 19.3 Å². The van der Waals surface area contributed by atoms with Gasteiger partial charge in [-0.3, -0.25) is 0 Å². The van der Waals surface area contributed by atoms with Crippen molar-refractivity contribution in [3.05, 3.63) is 169 Å². The predicted octanol–water partition coefficient (Wildman–Crippen LogP) is 14.3. The van der Waals surface area contributed by atoms with Crippen LogP contribution in [0, 0.1) is 0 Å². The maximum absolute atomic E-state index is 2.50. The van der Waals surface area contributed by atoms with Crippen molar-refractivity contribution in [1.29, 1.82) is 0 Å². The Morgan fingerprint density at radius 2 is 0.800 bits per heavy atom. The molecule has 0 unspecified atom stereocenters. The number of fused-ring (bicyclic) bond motifs is 13. The topological polar surface area (TPSA) is 0 Å².